The number of hydrogen-bond acceptors (Lipinski definition) is 3. The van der Waals surface area contributed by atoms with Crippen LogP contribution in [0, 0.1) is 5.82 Å². The first-order valence-electron chi connectivity index (χ1n) is 4.97. The SMILES string of the molecule is CNC(=O)NC(=O)[C@H](C)Sc1ccc(F)cc1. The summed E-state index contributed by atoms with van der Waals surface area (Å²) in [6.07, 6.45) is 0. The summed E-state index contributed by atoms with van der Waals surface area (Å²) in [6.45, 7) is 1.67. The number of nitrogens with one attached hydrogen (secondary N) is 2. The Bertz CT molecular complexity index is 408. The minimum Gasteiger partial charge on any atom is -0.341 e. The Kier molecular flexibility index (Phi) is 4.96. The zero-order valence-electron chi connectivity index (χ0n) is 9.49. The first-order valence-corrected chi connectivity index (χ1v) is 5.85. The Labute approximate surface area is 103 Å². The number of carbonyl (C=O) groups is 2. The minimum atomic E-state index is -0.540. The molecule has 17 heavy (non-hydrogen) atoms. The van der Waals surface area contributed by atoms with Gasteiger partial charge in [-0.05, 0) is 31.2 Å². The Morgan fingerprint density at radius 3 is 2.41 bits per heavy atom. The smallest absolute Gasteiger partial charge is 0.321 e. The van der Waals surface area contributed by atoms with Crippen LogP contribution >= 0.6 is 11.8 Å². The molecule has 1 aromatic rings. The maximum atomic E-state index is 12.7. The molecule has 2 N–H and O–H groups in total. The van der Waals surface area contributed by atoms with E-state index >= 15 is 0 Å². The molecule has 0 aliphatic heterocycles. The summed E-state index contributed by atoms with van der Waals surface area (Å²) < 4.78 is 12.7. The van der Waals surface area contributed by atoms with Crippen LogP contribution in [0.15, 0.2) is 29.2 Å². The lowest BCUT2D eigenvalue weighted by molar-refractivity contribution is -0.119. The quantitative estimate of drug-likeness (QED) is 0.810. The number of halogens is 1. The molecule has 0 fully saturated rings. The van der Waals surface area contributed by atoms with Crippen LogP contribution in [-0.2, 0) is 4.79 Å². The van der Waals surface area contributed by atoms with E-state index in [1.54, 1.807) is 19.1 Å². The number of urea groups is 1. The molecule has 0 spiro atoms. The Balaban J connectivity index is 2.54. The van der Waals surface area contributed by atoms with Gasteiger partial charge in [0.15, 0.2) is 0 Å². The van der Waals surface area contributed by atoms with Crippen molar-refractivity contribution in [2.24, 2.45) is 0 Å². The number of amides is 3. The van der Waals surface area contributed by atoms with Crippen LogP contribution in [0.5, 0.6) is 0 Å². The molecule has 0 saturated carbocycles. The first kappa shape index (κ1) is 13.5. The standard InChI is InChI=1S/C11H13FN2O2S/c1-7(10(15)14-11(16)13-2)17-9-5-3-8(12)4-6-9/h3-7H,1-2H3,(H2,13,14,15,16)/t7-/m0/s1. The highest BCUT2D eigenvalue weighted by Gasteiger charge is 2.16. The molecule has 0 bridgehead atoms. The Morgan fingerprint density at radius 2 is 1.88 bits per heavy atom. The predicted octanol–water partition coefficient (Wildman–Crippen LogP) is 1.76. The fraction of sp³-hybridized carbons (Fsp3) is 0.273. The van der Waals surface area contributed by atoms with Gasteiger partial charge in [0.2, 0.25) is 5.91 Å². The molecule has 3 amide bonds. The summed E-state index contributed by atoms with van der Waals surface area (Å²) in [5.41, 5.74) is 0. The molecule has 0 radical (unpaired) electrons. The highest BCUT2D eigenvalue weighted by Crippen LogP contribution is 2.23. The third-order valence-electron chi connectivity index (χ3n) is 1.96. The van der Waals surface area contributed by atoms with E-state index in [2.05, 4.69) is 10.6 Å². The third-order valence-corrected chi connectivity index (χ3v) is 3.07. The van der Waals surface area contributed by atoms with Crippen molar-refractivity contribution >= 4 is 23.7 Å². The van der Waals surface area contributed by atoms with E-state index in [1.165, 1.54) is 30.9 Å². The lowest BCUT2D eigenvalue weighted by atomic mass is 10.3. The first-order chi connectivity index (χ1) is 8.02. The molecule has 0 saturated heterocycles. The second-order valence-electron chi connectivity index (χ2n) is 3.28. The fourth-order valence-corrected chi connectivity index (χ4v) is 1.91. The molecule has 0 unspecified atom stereocenters. The Hall–Kier alpha value is -1.56. The van der Waals surface area contributed by atoms with Crippen LogP contribution in [-0.4, -0.2) is 24.2 Å². The molecule has 1 atom stereocenters. The average molecular weight is 256 g/mol. The van der Waals surface area contributed by atoms with Gasteiger partial charge in [0.1, 0.15) is 5.82 Å². The number of rotatable bonds is 3. The van der Waals surface area contributed by atoms with Gasteiger partial charge >= 0.3 is 6.03 Å². The van der Waals surface area contributed by atoms with Crippen molar-refractivity contribution in [1.29, 1.82) is 0 Å². The molecule has 4 nitrogen and oxygen atoms in total. The summed E-state index contributed by atoms with van der Waals surface area (Å²) in [7, 11) is 1.43. The van der Waals surface area contributed by atoms with E-state index in [1.807, 2.05) is 0 Å². The molecule has 0 aliphatic carbocycles. The van der Waals surface area contributed by atoms with Gasteiger partial charge in [-0.25, -0.2) is 9.18 Å². The van der Waals surface area contributed by atoms with E-state index in [0.29, 0.717) is 0 Å². The predicted molar refractivity (Wildman–Crippen MR) is 64.3 cm³/mol. The van der Waals surface area contributed by atoms with Crippen molar-refractivity contribution in [2.45, 2.75) is 17.1 Å². The maximum absolute atomic E-state index is 12.7. The zero-order chi connectivity index (χ0) is 12.8. The van der Waals surface area contributed by atoms with Gasteiger partial charge in [-0.3, -0.25) is 10.1 Å². The largest absolute Gasteiger partial charge is 0.341 e. The van der Waals surface area contributed by atoms with Crippen LogP contribution in [0.4, 0.5) is 9.18 Å². The van der Waals surface area contributed by atoms with Gasteiger partial charge in [-0.15, -0.1) is 11.8 Å². The summed E-state index contributed by atoms with van der Waals surface area (Å²) in [5.74, 6) is -0.713. The van der Waals surface area contributed by atoms with Gasteiger partial charge in [0, 0.05) is 11.9 Å². The lowest BCUT2D eigenvalue weighted by Gasteiger charge is -2.10. The maximum Gasteiger partial charge on any atom is 0.321 e. The van der Waals surface area contributed by atoms with E-state index in [9.17, 15) is 14.0 Å². The van der Waals surface area contributed by atoms with Gasteiger partial charge < -0.3 is 5.32 Å². The van der Waals surface area contributed by atoms with Crippen molar-refractivity contribution < 1.29 is 14.0 Å². The van der Waals surface area contributed by atoms with Gasteiger partial charge in [-0.1, -0.05) is 0 Å². The minimum absolute atomic E-state index is 0.322. The Morgan fingerprint density at radius 1 is 1.29 bits per heavy atom. The molecule has 1 rings (SSSR count). The molecule has 1 aromatic carbocycles. The monoisotopic (exact) mass is 256 g/mol. The number of hydrogen-bond donors (Lipinski definition) is 2. The molecule has 92 valence electrons. The summed E-state index contributed by atoms with van der Waals surface area (Å²) >= 11 is 1.25. The molecule has 0 heterocycles. The van der Waals surface area contributed by atoms with Crippen molar-refractivity contribution in [2.75, 3.05) is 7.05 Å². The number of benzene rings is 1. The van der Waals surface area contributed by atoms with Crippen LogP contribution in [0.2, 0.25) is 0 Å². The van der Waals surface area contributed by atoms with Crippen molar-refractivity contribution in [3.8, 4) is 0 Å². The van der Waals surface area contributed by atoms with Crippen LogP contribution in [0.1, 0.15) is 6.92 Å². The molecular weight excluding hydrogens is 243 g/mol. The highest BCUT2D eigenvalue weighted by atomic mass is 32.2. The van der Waals surface area contributed by atoms with E-state index in [4.69, 9.17) is 0 Å². The second kappa shape index (κ2) is 6.24. The zero-order valence-corrected chi connectivity index (χ0v) is 10.3. The summed E-state index contributed by atoms with van der Waals surface area (Å²) in [5, 5.41) is 4.04. The van der Waals surface area contributed by atoms with Crippen LogP contribution < -0.4 is 10.6 Å². The average Bonchev–Trinajstić information content (AvgIpc) is 2.31. The van der Waals surface area contributed by atoms with Crippen molar-refractivity contribution in [3.63, 3.8) is 0 Å². The van der Waals surface area contributed by atoms with E-state index < -0.39 is 17.2 Å². The summed E-state index contributed by atoms with van der Waals surface area (Å²) in [6, 6.07) is 5.28. The van der Waals surface area contributed by atoms with E-state index in [0.717, 1.165) is 4.90 Å². The molecule has 6 heteroatoms. The topological polar surface area (TPSA) is 58.2 Å². The fourth-order valence-electron chi connectivity index (χ4n) is 1.05. The number of carbonyl (C=O) groups excluding carboxylic acids is 2. The third kappa shape index (κ3) is 4.44. The van der Waals surface area contributed by atoms with Crippen molar-refractivity contribution in [1.82, 2.24) is 10.6 Å². The van der Waals surface area contributed by atoms with Crippen LogP contribution in [0.3, 0.4) is 0 Å². The number of thioether (sulfide) groups is 1. The molecule has 0 aromatic heterocycles. The molecular formula is C11H13FN2O2S. The summed E-state index contributed by atoms with van der Waals surface area (Å²) in [4.78, 5) is 23.2. The highest BCUT2D eigenvalue weighted by molar-refractivity contribution is 8.00. The van der Waals surface area contributed by atoms with Gasteiger partial charge in [0.25, 0.3) is 0 Å². The number of imide groups is 1. The lowest BCUT2D eigenvalue weighted by Crippen LogP contribution is -2.41. The van der Waals surface area contributed by atoms with E-state index in [-0.39, 0.29) is 5.82 Å². The van der Waals surface area contributed by atoms with Crippen LogP contribution in [0.25, 0.3) is 0 Å². The van der Waals surface area contributed by atoms with Crippen molar-refractivity contribution in [3.05, 3.63) is 30.1 Å². The van der Waals surface area contributed by atoms with Gasteiger partial charge in [-0.2, -0.15) is 0 Å². The molecule has 0 aliphatic rings. The van der Waals surface area contributed by atoms with Gasteiger partial charge in [0.05, 0.1) is 5.25 Å². The second-order valence-corrected chi connectivity index (χ2v) is 4.70. The normalized spacial score (nSPS) is 11.7.